The van der Waals surface area contributed by atoms with Gasteiger partial charge in [0, 0.05) is 12.6 Å². The summed E-state index contributed by atoms with van der Waals surface area (Å²) in [6.07, 6.45) is 3.94. The zero-order chi connectivity index (χ0) is 13.7. The number of nitrogens with one attached hydrogen (secondary N) is 1. The average Bonchev–Trinajstić information content (AvgIpc) is 2.55. The van der Waals surface area contributed by atoms with Crippen LogP contribution in [0.3, 0.4) is 0 Å². The van der Waals surface area contributed by atoms with Gasteiger partial charge in [0.1, 0.15) is 5.82 Å². The molecule has 0 aliphatic carbocycles. The molecule has 1 atom stereocenters. The maximum absolute atomic E-state index is 10.7. The van der Waals surface area contributed by atoms with Crippen molar-refractivity contribution in [2.75, 3.05) is 5.32 Å². The standard InChI is InChI=1S/C14H25N3O/c1-6-7-11(4)13-12(8-10(2)3)16-17(5)14(13)15-9-18/h9-11H,6-8H2,1-5H3,(H,15,18). The molecule has 0 bridgehead atoms. The summed E-state index contributed by atoms with van der Waals surface area (Å²) in [6, 6.07) is 0. The lowest BCUT2D eigenvalue weighted by Crippen LogP contribution is -2.06. The third-order valence-corrected chi connectivity index (χ3v) is 3.17. The second-order valence-electron chi connectivity index (χ2n) is 5.38. The first kappa shape index (κ1) is 14.7. The summed E-state index contributed by atoms with van der Waals surface area (Å²) in [5, 5.41) is 7.37. The monoisotopic (exact) mass is 251 g/mol. The van der Waals surface area contributed by atoms with E-state index in [4.69, 9.17) is 0 Å². The third kappa shape index (κ3) is 3.34. The summed E-state index contributed by atoms with van der Waals surface area (Å²) in [4.78, 5) is 10.7. The molecule has 0 aliphatic heterocycles. The fourth-order valence-electron chi connectivity index (χ4n) is 2.46. The topological polar surface area (TPSA) is 46.9 Å². The Morgan fingerprint density at radius 2 is 2.06 bits per heavy atom. The highest BCUT2D eigenvalue weighted by Gasteiger charge is 2.21. The minimum absolute atomic E-state index is 0.430. The molecule has 0 spiro atoms. The van der Waals surface area contributed by atoms with E-state index in [1.54, 1.807) is 4.68 Å². The van der Waals surface area contributed by atoms with Crippen LogP contribution in [-0.4, -0.2) is 16.2 Å². The summed E-state index contributed by atoms with van der Waals surface area (Å²) >= 11 is 0. The summed E-state index contributed by atoms with van der Waals surface area (Å²) in [7, 11) is 1.89. The van der Waals surface area contributed by atoms with Gasteiger partial charge in [0.25, 0.3) is 0 Å². The zero-order valence-corrected chi connectivity index (χ0v) is 12.2. The molecule has 0 saturated carbocycles. The second-order valence-corrected chi connectivity index (χ2v) is 5.38. The van der Waals surface area contributed by atoms with Crippen LogP contribution in [0.25, 0.3) is 0 Å². The fraction of sp³-hybridized carbons (Fsp3) is 0.714. The van der Waals surface area contributed by atoms with Crippen molar-refractivity contribution in [1.82, 2.24) is 9.78 Å². The third-order valence-electron chi connectivity index (χ3n) is 3.17. The van der Waals surface area contributed by atoms with Crippen molar-refractivity contribution in [3.05, 3.63) is 11.3 Å². The van der Waals surface area contributed by atoms with Crippen LogP contribution in [0.4, 0.5) is 5.82 Å². The summed E-state index contributed by atoms with van der Waals surface area (Å²) in [5.74, 6) is 1.85. The van der Waals surface area contributed by atoms with Gasteiger partial charge in [-0.25, -0.2) is 0 Å². The average molecular weight is 251 g/mol. The van der Waals surface area contributed by atoms with Crippen LogP contribution in [0.5, 0.6) is 0 Å². The van der Waals surface area contributed by atoms with Gasteiger partial charge in [0.05, 0.1) is 5.69 Å². The molecule has 1 unspecified atom stereocenters. The van der Waals surface area contributed by atoms with Gasteiger partial charge in [-0.15, -0.1) is 0 Å². The van der Waals surface area contributed by atoms with Gasteiger partial charge >= 0.3 is 0 Å². The number of aromatic nitrogens is 2. The number of rotatable bonds is 7. The van der Waals surface area contributed by atoms with Crippen molar-refractivity contribution in [3.8, 4) is 0 Å². The number of anilines is 1. The molecule has 1 aromatic rings. The molecule has 1 rings (SSSR count). The van der Waals surface area contributed by atoms with E-state index < -0.39 is 0 Å². The Balaban J connectivity index is 3.16. The van der Waals surface area contributed by atoms with Crippen LogP contribution >= 0.6 is 0 Å². The van der Waals surface area contributed by atoms with Crippen molar-refractivity contribution in [1.29, 1.82) is 0 Å². The Bertz CT molecular complexity index is 396. The molecule has 0 saturated heterocycles. The van der Waals surface area contributed by atoms with Crippen LogP contribution in [0.1, 0.15) is 57.7 Å². The number of carbonyl (C=O) groups is 1. The smallest absolute Gasteiger partial charge is 0.212 e. The van der Waals surface area contributed by atoms with E-state index in [0.29, 0.717) is 11.8 Å². The number of hydrogen-bond donors (Lipinski definition) is 1. The molecule has 1 amide bonds. The largest absolute Gasteiger partial charge is 0.313 e. The quantitative estimate of drug-likeness (QED) is 0.757. The molecular formula is C14H25N3O. The molecule has 0 aliphatic rings. The normalized spacial score (nSPS) is 12.8. The van der Waals surface area contributed by atoms with Crippen LogP contribution < -0.4 is 5.32 Å². The summed E-state index contributed by atoms with van der Waals surface area (Å²) < 4.78 is 1.79. The van der Waals surface area contributed by atoms with Gasteiger partial charge in [-0.05, 0) is 24.7 Å². The lowest BCUT2D eigenvalue weighted by Gasteiger charge is -2.14. The number of hydrogen-bond acceptors (Lipinski definition) is 2. The Labute approximate surface area is 110 Å². The Morgan fingerprint density at radius 1 is 1.39 bits per heavy atom. The van der Waals surface area contributed by atoms with E-state index in [0.717, 1.165) is 37.2 Å². The SMILES string of the molecule is CCCC(C)c1c(CC(C)C)nn(C)c1NC=O. The highest BCUT2D eigenvalue weighted by atomic mass is 16.1. The number of nitrogens with zero attached hydrogens (tertiary/aromatic N) is 2. The van der Waals surface area contributed by atoms with Crippen molar-refractivity contribution in [2.24, 2.45) is 13.0 Å². The second kappa shape index (κ2) is 6.57. The first-order valence-corrected chi connectivity index (χ1v) is 6.77. The van der Waals surface area contributed by atoms with Gasteiger partial charge in [-0.2, -0.15) is 5.10 Å². The molecule has 0 radical (unpaired) electrons. The van der Waals surface area contributed by atoms with Crippen molar-refractivity contribution >= 4 is 12.2 Å². The first-order valence-electron chi connectivity index (χ1n) is 6.77. The van der Waals surface area contributed by atoms with E-state index in [2.05, 4.69) is 38.1 Å². The van der Waals surface area contributed by atoms with E-state index >= 15 is 0 Å². The predicted octanol–water partition coefficient (Wildman–Crippen LogP) is 3.09. The van der Waals surface area contributed by atoms with Gasteiger partial charge in [0.2, 0.25) is 6.41 Å². The minimum atomic E-state index is 0.430. The highest BCUT2D eigenvalue weighted by Crippen LogP contribution is 2.31. The minimum Gasteiger partial charge on any atom is -0.313 e. The molecule has 0 fully saturated rings. The van der Waals surface area contributed by atoms with Crippen LogP contribution in [0, 0.1) is 5.92 Å². The van der Waals surface area contributed by atoms with E-state index in [9.17, 15) is 4.79 Å². The van der Waals surface area contributed by atoms with E-state index in [-0.39, 0.29) is 0 Å². The number of carbonyl (C=O) groups excluding carboxylic acids is 1. The van der Waals surface area contributed by atoms with Crippen molar-refractivity contribution in [3.63, 3.8) is 0 Å². The van der Waals surface area contributed by atoms with Crippen molar-refractivity contribution < 1.29 is 4.79 Å². The van der Waals surface area contributed by atoms with Gasteiger partial charge in [0.15, 0.2) is 0 Å². The molecule has 4 heteroatoms. The maximum atomic E-state index is 10.7. The van der Waals surface area contributed by atoms with Crippen molar-refractivity contribution in [2.45, 2.75) is 52.9 Å². The maximum Gasteiger partial charge on any atom is 0.212 e. The van der Waals surface area contributed by atoms with Gasteiger partial charge < -0.3 is 5.32 Å². The molecule has 4 nitrogen and oxygen atoms in total. The number of aryl methyl sites for hydroxylation is 1. The van der Waals surface area contributed by atoms with Crippen LogP contribution in [0.2, 0.25) is 0 Å². The van der Waals surface area contributed by atoms with Gasteiger partial charge in [-0.3, -0.25) is 9.48 Å². The highest BCUT2D eigenvalue weighted by molar-refractivity contribution is 5.72. The van der Waals surface area contributed by atoms with Crippen LogP contribution in [0.15, 0.2) is 0 Å². The summed E-state index contributed by atoms with van der Waals surface area (Å²) in [6.45, 7) is 8.77. The first-order chi connectivity index (χ1) is 8.51. The Hall–Kier alpha value is -1.32. The molecule has 1 N–H and O–H groups in total. The molecule has 1 heterocycles. The van der Waals surface area contributed by atoms with Crippen LogP contribution in [-0.2, 0) is 18.3 Å². The Kier molecular flexibility index (Phi) is 5.38. The van der Waals surface area contributed by atoms with Gasteiger partial charge in [-0.1, -0.05) is 34.1 Å². The fourth-order valence-corrected chi connectivity index (χ4v) is 2.46. The number of amides is 1. The van der Waals surface area contributed by atoms with E-state index in [1.807, 2.05) is 7.05 Å². The summed E-state index contributed by atoms with van der Waals surface area (Å²) in [5.41, 5.74) is 2.33. The molecular weight excluding hydrogens is 226 g/mol. The molecule has 102 valence electrons. The molecule has 0 aromatic carbocycles. The Morgan fingerprint density at radius 3 is 2.56 bits per heavy atom. The molecule has 1 aromatic heterocycles. The zero-order valence-electron chi connectivity index (χ0n) is 12.2. The van der Waals surface area contributed by atoms with E-state index in [1.165, 1.54) is 5.56 Å². The molecule has 18 heavy (non-hydrogen) atoms. The lowest BCUT2D eigenvalue weighted by atomic mass is 9.93. The lowest BCUT2D eigenvalue weighted by molar-refractivity contribution is -0.105. The predicted molar refractivity (Wildman–Crippen MR) is 74.8 cm³/mol.